The van der Waals surface area contributed by atoms with Crippen LogP contribution in [-0.2, 0) is 0 Å². The molecule has 1 aromatic carbocycles. The molecule has 0 fully saturated rings. The van der Waals surface area contributed by atoms with E-state index in [1.54, 1.807) is 18.3 Å². The largest absolute Gasteiger partial charge is 0.484 e. The van der Waals surface area contributed by atoms with Crippen molar-refractivity contribution < 1.29 is 14.3 Å². The molecule has 0 bridgehead atoms. The zero-order chi connectivity index (χ0) is 24.6. The molecule has 3 heterocycles. The molecule has 0 aliphatic carbocycles. The number of anilines is 1. The number of rotatable bonds is 9. The summed E-state index contributed by atoms with van der Waals surface area (Å²) in [6.07, 6.45) is 3.57. The molecule has 0 saturated carbocycles. The quantitative estimate of drug-likeness (QED) is 0.451. The first-order chi connectivity index (χ1) is 17.1. The van der Waals surface area contributed by atoms with Crippen LogP contribution in [0.25, 0.3) is 11.3 Å². The number of benzene rings is 1. The highest BCUT2D eigenvalue weighted by molar-refractivity contribution is 5.94. The Morgan fingerprint density at radius 1 is 1.11 bits per heavy atom. The Bertz CT molecular complexity index is 1210. The normalized spacial score (nSPS) is 13.9. The summed E-state index contributed by atoms with van der Waals surface area (Å²) in [7, 11) is 0. The van der Waals surface area contributed by atoms with Gasteiger partial charge in [-0.25, -0.2) is 15.0 Å². The molecule has 0 saturated heterocycles. The zero-order valence-electron chi connectivity index (χ0n) is 19.8. The van der Waals surface area contributed by atoms with E-state index in [0.717, 1.165) is 28.4 Å². The van der Waals surface area contributed by atoms with Crippen LogP contribution in [0.2, 0.25) is 0 Å². The van der Waals surface area contributed by atoms with E-state index in [9.17, 15) is 4.79 Å². The van der Waals surface area contributed by atoms with Crippen molar-refractivity contribution in [3.63, 3.8) is 0 Å². The minimum Gasteiger partial charge on any atom is -0.484 e. The van der Waals surface area contributed by atoms with Crippen LogP contribution in [0, 0.1) is 17.2 Å². The predicted octanol–water partition coefficient (Wildman–Crippen LogP) is 3.80. The standard InChI is InChI=1S/C26H28N6O3/c1-17(18(2)21-8-11-29-26-24(21)34-12-13-35-26)15-30-23-14-22(31-16-32-23)19-4-6-20(7-5-19)25(33)28-10-3-9-27/h4-8,11,14,16-18H,3,10,12-13,15H2,1-2H3,(H,28,33)(H,30,31,32)/t17-,18?/m1/s1. The Kier molecular flexibility index (Phi) is 7.73. The number of ether oxygens (including phenoxy) is 2. The summed E-state index contributed by atoms with van der Waals surface area (Å²) in [4.78, 5) is 25.1. The molecule has 0 radical (unpaired) electrons. The molecule has 9 nitrogen and oxygen atoms in total. The molecule has 1 aliphatic heterocycles. The van der Waals surface area contributed by atoms with Gasteiger partial charge in [-0.1, -0.05) is 26.0 Å². The van der Waals surface area contributed by atoms with Crippen LogP contribution in [0.1, 0.15) is 42.1 Å². The van der Waals surface area contributed by atoms with Gasteiger partial charge in [0.15, 0.2) is 5.75 Å². The molecule has 3 aromatic rings. The van der Waals surface area contributed by atoms with Crippen LogP contribution in [0.15, 0.2) is 48.9 Å². The third-order valence-electron chi connectivity index (χ3n) is 6.05. The summed E-state index contributed by atoms with van der Waals surface area (Å²) < 4.78 is 11.5. The number of nitriles is 1. The number of nitrogens with zero attached hydrogens (tertiary/aromatic N) is 4. The second-order valence-corrected chi connectivity index (χ2v) is 8.41. The van der Waals surface area contributed by atoms with Crippen molar-refractivity contribution in [1.82, 2.24) is 20.3 Å². The van der Waals surface area contributed by atoms with E-state index in [2.05, 4.69) is 39.4 Å². The number of hydrogen-bond donors (Lipinski definition) is 2. The first-order valence-electron chi connectivity index (χ1n) is 11.6. The molecule has 4 rings (SSSR count). The highest BCUT2D eigenvalue weighted by atomic mass is 16.6. The minimum absolute atomic E-state index is 0.202. The summed E-state index contributed by atoms with van der Waals surface area (Å²) in [5.74, 6) is 2.32. The average molecular weight is 473 g/mol. The van der Waals surface area contributed by atoms with Gasteiger partial charge in [-0.3, -0.25) is 4.79 Å². The Labute approximate surface area is 204 Å². The zero-order valence-corrected chi connectivity index (χ0v) is 19.8. The lowest BCUT2D eigenvalue weighted by atomic mass is 9.88. The van der Waals surface area contributed by atoms with Crippen LogP contribution in [0.3, 0.4) is 0 Å². The lowest BCUT2D eigenvalue weighted by Gasteiger charge is -2.26. The van der Waals surface area contributed by atoms with E-state index < -0.39 is 0 Å². The number of pyridine rings is 1. The van der Waals surface area contributed by atoms with Gasteiger partial charge in [0, 0.05) is 42.0 Å². The van der Waals surface area contributed by atoms with E-state index >= 15 is 0 Å². The third-order valence-corrected chi connectivity index (χ3v) is 6.05. The number of nitrogens with one attached hydrogen (secondary N) is 2. The highest BCUT2D eigenvalue weighted by Gasteiger charge is 2.24. The van der Waals surface area contributed by atoms with Gasteiger partial charge in [-0.15, -0.1) is 0 Å². The SMILES string of the molecule is CC(c1ccnc2c1OCCO2)[C@H](C)CNc1cc(-c2ccc(C(=O)NCCC#N)cc2)ncn1. The van der Waals surface area contributed by atoms with Crippen LogP contribution in [0.5, 0.6) is 11.6 Å². The summed E-state index contributed by atoms with van der Waals surface area (Å²) in [5, 5.41) is 14.7. The summed E-state index contributed by atoms with van der Waals surface area (Å²) in [6, 6.07) is 13.1. The molecule has 1 amide bonds. The molecule has 2 N–H and O–H groups in total. The van der Waals surface area contributed by atoms with Gasteiger partial charge in [-0.2, -0.15) is 5.26 Å². The topological polar surface area (TPSA) is 122 Å². The van der Waals surface area contributed by atoms with Gasteiger partial charge < -0.3 is 20.1 Å². The number of amides is 1. The van der Waals surface area contributed by atoms with Crippen molar-refractivity contribution >= 4 is 11.7 Å². The summed E-state index contributed by atoms with van der Waals surface area (Å²) in [5.41, 5.74) is 3.26. The van der Waals surface area contributed by atoms with E-state index in [1.807, 2.05) is 30.3 Å². The fourth-order valence-corrected chi connectivity index (χ4v) is 3.82. The van der Waals surface area contributed by atoms with E-state index in [-0.39, 0.29) is 24.2 Å². The molecule has 1 aliphatic rings. The van der Waals surface area contributed by atoms with Gasteiger partial charge >= 0.3 is 0 Å². The average Bonchev–Trinajstić information content (AvgIpc) is 2.91. The lowest BCUT2D eigenvalue weighted by Crippen LogP contribution is -2.24. The van der Waals surface area contributed by atoms with Crippen molar-refractivity contribution in [3.05, 3.63) is 60.0 Å². The molecule has 180 valence electrons. The Morgan fingerprint density at radius 2 is 1.91 bits per heavy atom. The summed E-state index contributed by atoms with van der Waals surface area (Å²) in [6.45, 7) is 6.43. The minimum atomic E-state index is -0.202. The number of fused-ring (bicyclic) bond motifs is 1. The van der Waals surface area contributed by atoms with Gasteiger partial charge in [0.25, 0.3) is 11.8 Å². The Balaban J connectivity index is 1.38. The van der Waals surface area contributed by atoms with Crippen molar-refractivity contribution in [1.29, 1.82) is 5.26 Å². The number of carbonyl (C=O) groups excluding carboxylic acids is 1. The monoisotopic (exact) mass is 472 g/mol. The maximum atomic E-state index is 12.1. The van der Waals surface area contributed by atoms with Crippen molar-refractivity contribution in [3.8, 4) is 29.0 Å². The number of aromatic nitrogens is 3. The second kappa shape index (κ2) is 11.3. The molecule has 0 spiro atoms. The van der Waals surface area contributed by atoms with Gasteiger partial charge in [-0.05, 0) is 30.0 Å². The molecule has 1 unspecified atom stereocenters. The summed E-state index contributed by atoms with van der Waals surface area (Å²) >= 11 is 0. The van der Waals surface area contributed by atoms with Crippen molar-refractivity contribution in [2.45, 2.75) is 26.2 Å². The fourth-order valence-electron chi connectivity index (χ4n) is 3.82. The number of hydrogen-bond acceptors (Lipinski definition) is 8. The molecule has 2 aromatic heterocycles. The lowest BCUT2D eigenvalue weighted by molar-refractivity contribution is 0.0954. The molecular weight excluding hydrogens is 444 g/mol. The van der Waals surface area contributed by atoms with Crippen LogP contribution in [-0.4, -0.2) is 47.2 Å². The van der Waals surface area contributed by atoms with Crippen molar-refractivity contribution in [2.75, 3.05) is 31.6 Å². The van der Waals surface area contributed by atoms with Crippen LogP contribution < -0.4 is 20.1 Å². The Hall–Kier alpha value is -4.19. The van der Waals surface area contributed by atoms with E-state index in [4.69, 9.17) is 14.7 Å². The highest BCUT2D eigenvalue weighted by Crippen LogP contribution is 2.38. The van der Waals surface area contributed by atoms with Gasteiger partial charge in [0.2, 0.25) is 0 Å². The molecule has 9 heteroatoms. The smallest absolute Gasteiger partial charge is 0.257 e. The first kappa shape index (κ1) is 24.0. The second-order valence-electron chi connectivity index (χ2n) is 8.41. The third kappa shape index (κ3) is 5.84. The number of carbonyl (C=O) groups is 1. The van der Waals surface area contributed by atoms with Gasteiger partial charge in [0.1, 0.15) is 25.4 Å². The fraction of sp³-hybridized carbons (Fsp3) is 0.346. The predicted molar refractivity (Wildman–Crippen MR) is 131 cm³/mol. The molecule has 35 heavy (non-hydrogen) atoms. The first-order valence-corrected chi connectivity index (χ1v) is 11.6. The van der Waals surface area contributed by atoms with Crippen molar-refractivity contribution in [2.24, 2.45) is 5.92 Å². The van der Waals surface area contributed by atoms with E-state index in [1.165, 1.54) is 6.33 Å². The Morgan fingerprint density at radius 3 is 2.71 bits per heavy atom. The molecular formula is C26H28N6O3. The van der Waals surface area contributed by atoms with E-state index in [0.29, 0.717) is 37.7 Å². The molecule has 2 atom stereocenters. The van der Waals surface area contributed by atoms with Gasteiger partial charge in [0.05, 0.1) is 18.2 Å². The van der Waals surface area contributed by atoms with Crippen LogP contribution in [0.4, 0.5) is 5.82 Å². The maximum absolute atomic E-state index is 12.1. The maximum Gasteiger partial charge on any atom is 0.257 e. The van der Waals surface area contributed by atoms with Crippen LogP contribution >= 0.6 is 0 Å².